The van der Waals surface area contributed by atoms with Crippen LogP contribution in [0.25, 0.3) is 0 Å². The number of ether oxygens (including phenoxy) is 2. The molecule has 4 nitrogen and oxygen atoms in total. The van der Waals surface area contributed by atoms with Crippen LogP contribution in [0, 0.1) is 0 Å². The Morgan fingerprint density at radius 2 is 1.89 bits per heavy atom. The predicted octanol–water partition coefficient (Wildman–Crippen LogP) is 2.59. The zero-order valence-corrected chi connectivity index (χ0v) is 11.3. The highest BCUT2D eigenvalue weighted by Crippen LogP contribution is 2.36. The molecule has 0 spiro atoms. The van der Waals surface area contributed by atoms with Gasteiger partial charge in [0.2, 0.25) is 6.79 Å². The zero-order valence-electron chi connectivity index (χ0n) is 10.5. The van der Waals surface area contributed by atoms with Crippen molar-refractivity contribution in [1.82, 2.24) is 4.90 Å². The molecule has 0 unspecified atom stereocenters. The van der Waals surface area contributed by atoms with E-state index in [9.17, 15) is 4.79 Å². The molecule has 0 amide bonds. The van der Waals surface area contributed by atoms with Crippen LogP contribution in [-0.4, -0.2) is 37.1 Å². The third-order valence-electron chi connectivity index (χ3n) is 3.02. The highest BCUT2D eigenvalue weighted by molar-refractivity contribution is 6.34. The van der Waals surface area contributed by atoms with Crippen molar-refractivity contribution in [3.63, 3.8) is 0 Å². The molecule has 98 valence electrons. The lowest BCUT2D eigenvalue weighted by atomic mass is 10.1. The number of halogens is 1. The summed E-state index contributed by atoms with van der Waals surface area (Å²) in [4.78, 5) is 14.2. The zero-order chi connectivity index (χ0) is 13.1. The number of carbonyl (C=O) groups is 1. The number of ketones is 1. The fourth-order valence-electron chi connectivity index (χ4n) is 1.87. The van der Waals surface area contributed by atoms with Crippen molar-refractivity contribution < 1.29 is 14.3 Å². The second-order valence-electron chi connectivity index (χ2n) is 4.07. The van der Waals surface area contributed by atoms with Gasteiger partial charge in [-0.05, 0) is 19.2 Å². The molecule has 1 aliphatic heterocycles. The quantitative estimate of drug-likeness (QED) is 0.770. The maximum absolute atomic E-state index is 12.2. The van der Waals surface area contributed by atoms with E-state index in [0.717, 1.165) is 13.1 Å². The number of rotatable bonds is 5. The van der Waals surface area contributed by atoms with E-state index in [1.165, 1.54) is 0 Å². The lowest BCUT2D eigenvalue weighted by Gasteiger charge is -2.17. The van der Waals surface area contributed by atoms with Gasteiger partial charge in [0.1, 0.15) is 0 Å². The SMILES string of the molecule is CCN(CC)CC(=O)c1cc2c(cc1Cl)OCO2. The molecule has 0 atom stereocenters. The molecule has 2 rings (SSSR count). The minimum Gasteiger partial charge on any atom is -0.454 e. The number of nitrogens with zero attached hydrogens (tertiary/aromatic N) is 1. The van der Waals surface area contributed by atoms with Gasteiger partial charge in [0.05, 0.1) is 11.6 Å². The third-order valence-corrected chi connectivity index (χ3v) is 3.34. The first-order valence-corrected chi connectivity index (χ1v) is 6.38. The molecule has 0 fully saturated rings. The van der Waals surface area contributed by atoms with E-state index in [4.69, 9.17) is 21.1 Å². The Hall–Kier alpha value is -1.26. The standard InChI is InChI=1S/C13H16ClNO3/c1-3-15(4-2)7-11(16)9-5-12-13(6-10(9)14)18-8-17-12/h5-6H,3-4,7-8H2,1-2H3. The Kier molecular flexibility index (Phi) is 4.09. The first kappa shape index (κ1) is 13.2. The van der Waals surface area contributed by atoms with Gasteiger partial charge in [-0.15, -0.1) is 0 Å². The lowest BCUT2D eigenvalue weighted by molar-refractivity contribution is 0.0937. The molecule has 0 bridgehead atoms. The van der Waals surface area contributed by atoms with Crippen molar-refractivity contribution in [2.45, 2.75) is 13.8 Å². The van der Waals surface area contributed by atoms with Crippen LogP contribution in [0.1, 0.15) is 24.2 Å². The van der Waals surface area contributed by atoms with Crippen molar-refractivity contribution in [2.24, 2.45) is 0 Å². The van der Waals surface area contributed by atoms with E-state index in [1.807, 2.05) is 18.7 Å². The maximum atomic E-state index is 12.2. The summed E-state index contributed by atoms with van der Waals surface area (Å²) in [5.41, 5.74) is 0.493. The van der Waals surface area contributed by atoms with Gasteiger partial charge in [-0.1, -0.05) is 25.4 Å². The van der Waals surface area contributed by atoms with Crippen molar-refractivity contribution in [3.05, 3.63) is 22.7 Å². The molecule has 5 heteroatoms. The summed E-state index contributed by atoms with van der Waals surface area (Å²) in [7, 11) is 0. The molecule has 1 aromatic carbocycles. The smallest absolute Gasteiger partial charge is 0.231 e. The van der Waals surface area contributed by atoms with Gasteiger partial charge >= 0.3 is 0 Å². The predicted molar refractivity (Wildman–Crippen MR) is 69.7 cm³/mol. The number of carbonyl (C=O) groups excluding carboxylic acids is 1. The van der Waals surface area contributed by atoms with E-state index in [2.05, 4.69) is 0 Å². The molecule has 1 aromatic rings. The van der Waals surface area contributed by atoms with Crippen molar-refractivity contribution in [1.29, 1.82) is 0 Å². The van der Waals surface area contributed by atoms with Gasteiger partial charge in [0.25, 0.3) is 0 Å². The normalized spacial score (nSPS) is 13.1. The molecule has 0 aromatic heterocycles. The summed E-state index contributed by atoms with van der Waals surface area (Å²) in [6.45, 7) is 6.27. The molecular weight excluding hydrogens is 254 g/mol. The van der Waals surface area contributed by atoms with Crippen LogP contribution < -0.4 is 9.47 Å². The second-order valence-corrected chi connectivity index (χ2v) is 4.48. The van der Waals surface area contributed by atoms with Crippen LogP contribution in [0.5, 0.6) is 11.5 Å². The van der Waals surface area contributed by atoms with Crippen LogP contribution in [-0.2, 0) is 0 Å². The van der Waals surface area contributed by atoms with Crippen LogP contribution >= 0.6 is 11.6 Å². The topological polar surface area (TPSA) is 38.8 Å². The molecule has 1 aliphatic rings. The molecule has 0 N–H and O–H groups in total. The number of Topliss-reactive ketones (excluding diaryl/α,β-unsaturated/α-hetero) is 1. The fraction of sp³-hybridized carbons (Fsp3) is 0.462. The Bertz CT molecular complexity index is 458. The van der Waals surface area contributed by atoms with Crippen molar-refractivity contribution >= 4 is 17.4 Å². The molecule has 1 heterocycles. The van der Waals surface area contributed by atoms with E-state index in [1.54, 1.807) is 12.1 Å². The van der Waals surface area contributed by atoms with Gasteiger partial charge < -0.3 is 9.47 Å². The van der Waals surface area contributed by atoms with Crippen LogP contribution in [0.4, 0.5) is 0 Å². The maximum Gasteiger partial charge on any atom is 0.231 e. The van der Waals surface area contributed by atoms with Crippen molar-refractivity contribution in [2.75, 3.05) is 26.4 Å². The molecule has 0 saturated heterocycles. The highest BCUT2D eigenvalue weighted by atomic mass is 35.5. The summed E-state index contributed by atoms with van der Waals surface area (Å²) in [6, 6.07) is 3.30. The molecule has 18 heavy (non-hydrogen) atoms. The molecule has 0 saturated carbocycles. The monoisotopic (exact) mass is 269 g/mol. The van der Waals surface area contributed by atoms with E-state index in [-0.39, 0.29) is 12.6 Å². The molecular formula is C13H16ClNO3. The number of likely N-dealkylation sites (N-methyl/N-ethyl adjacent to an activating group) is 1. The Morgan fingerprint density at radius 3 is 2.50 bits per heavy atom. The van der Waals surface area contributed by atoms with Crippen LogP contribution in [0.2, 0.25) is 5.02 Å². The van der Waals surface area contributed by atoms with E-state index >= 15 is 0 Å². The van der Waals surface area contributed by atoms with Gasteiger partial charge in [-0.2, -0.15) is 0 Å². The van der Waals surface area contributed by atoms with Gasteiger partial charge in [-0.25, -0.2) is 0 Å². The first-order chi connectivity index (χ1) is 8.65. The Morgan fingerprint density at radius 1 is 1.28 bits per heavy atom. The van der Waals surface area contributed by atoms with Gasteiger partial charge in [0.15, 0.2) is 17.3 Å². The Balaban J connectivity index is 2.20. The summed E-state index contributed by atoms with van der Waals surface area (Å²) in [5.74, 6) is 1.18. The summed E-state index contributed by atoms with van der Waals surface area (Å²) >= 11 is 6.10. The third kappa shape index (κ3) is 2.60. The average Bonchev–Trinajstić information content (AvgIpc) is 2.81. The van der Waals surface area contributed by atoms with Crippen LogP contribution in [0.3, 0.4) is 0 Å². The lowest BCUT2D eigenvalue weighted by Crippen LogP contribution is -2.29. The number of hydrogen-bond donors (Lipinski definition) is 0. The van der Waals surface area contributed by atoms with Crippen LogP contribution in [0.15, 0.2) is 12.1 Å². The minimum absolute atomic E-state index is 0.00185. The van der Waals surface area contributed by atoms with E-state index in [0.29, 0.717) is 28.6 Å². The highest BCUT2D eigenvalue weighted by Gasteiger charge is 2.20. The number of fused-ring (bicyclic) bond motifs is 1. The van der Waals surface area contributed by atoms with Crippen molar-refractivity contribution in [3.8, 4) is 11.5 Å². The number of benzene rings is 1. The minimum atomic E-state index is 0.00185. The van der Waals surface area contributed by atoms with Gasteiger partial charge in [0, 0.05) is 11.6 Å². The Labute approximate surface area is 111 Å². The largest absolute Gasteiger partial charge is 0.454 e. The first-order valence-electron chi connectivity index (χ1n) is 6.00. The van der Waals surface area contributed by atoms with Gasteiger partial charge in [-0.3, -0.25) is 9.69 Å². The molecule has 0 aliphatic carbocycles. The summed E-state index contributed by atoms with van der Waals surface area (Å²) in [6.07, 6.45) is 0. The summed E-state index contributed by atoms with van der Waals surface area (Å²) in [5, 5.41) is 0.413. The average molecular weight is 270 g/mol. The fourth-order valence-corrected chi connectivity index (χ4v) is 2.13. The number of hydrogen-bond acceptors (Lipinski definition) is 4. The summed E-state index contributed by atoms with van der Waals surface area (Å²) < 4.78 is 10.5. The molecule has 0 radical (unpaired) electrons. The second kappa shape index (κ2) is 5.59. The van der Waals surface area contributed by atoms with E-state index < -0.39 is 0 Å².